The molecule has 0 spiro atoms. The van der Waals surface area contributed by atoms with Crippen molar-refractivity contribution in [1.82, 2.24) is 4.90 Å². The second-order valence-corrected chi connectivity index (χ2v) is 3.42. The number of ether oxygens (including phenoxy) is 1. The van der Waals surface area contributed by atoms with E-state index >= 15 is 0 Å². The van der Waals surface area contributed by atoms with E-state index in [1.165, 1.54) is 4.90 Å². The number of hydrogen-bond acceptors (Lipinski definition) is 3. The van der Waals surface area contributed by atoms with E-state index in [9.17, 15) is 9.59 Å². The average Bonchev–Trinajstić information content (AvgIpc) is 2.17. The average molecular weight is 201 g/mol. The molecule has 14 heavy (non-hydrogen) atoms. The first-order chi connectivity index (χ1) is 6.61. The van der Waals surface area contributed by atoms with E-state index in [1.54, 1.807) is 7.05 Å². The fourth-order valence-corrected chi connectivity index (χ4v) is 1.53. The predicted molar refractivity (Wildman–Crippen MR) is 48.9 cm³/mol. The van der Waals surface area contributed by atoms with Gasteiger partial charge < -0.3 is 14.7 Å². The van der Waals surface area contributed by atoms with Crippen LogP contribution in [0.4, 0.5) is 0 Å². The Balaban J connectivity index is 2.41. The molecule has 0 unspecified atom stereocenters. The molecule has 80 valence electrons. The minimum atomic E-state index is -1.08. The number of amides is 1. The molecule has 1 N–H and O–H groups in total. The van der Waals surface area contributed by atoms with E-state index < -0.39 is 12.4 Å². The van der Waals surface area contributed by atoms with E-state index in [1.807, 2.05) is 0 Å². The van der Waals surface area contributed by atoms with E-state index in [2.05, 4.69) is 0 Å². The number of hydrogen-bond donors (Lipinski definition) is 1. The molecule has 1 saturated heterocycles. The highest BCUT2D eigenvalue weighted by atomic mass is 16.5. The molecule has 1 aliphatic heterocycles. The first-order valence-electron chi connectivity index (χ1n) is 4.66. The van der Waals surface area contributed by atoms with Crippen molar-refractivity contribution in [3.8, 4) is 0 Å². The molecule has 0 saturated carbocycles. The molecule has 0 aromatic carbocycles. The summed E-state index contributed by atoms with van der Waals surface area (Å²) >= 11 is 0. The van der Waals surface area contributed by atoms with Gasteiger partial charge >= 0.3 is 5.97 Å². The summed E-state index contributed by atoms with van der Waals surface area (Å²) in [7, 11) is 1.65. The fourth-order valence-electron chi connectivity index (χ4n) is 1.53. The SMILES string of the molecule is CN(C(=O)CC(=O)O)C1CCOCC1. The topological polar surface area (TPSA) is 66.8 Å². The van der Waals surface area contributed by atoms with Gasteiger partial charge in [-0.15, -0.1) is 0 Å². The van der Waals surface area contributed by atoms with Crippen LogP contribution in [0.2, 0.25) is 0 Å². The monoisotopic (exact) mass is 201 g/mol. The third kappa shape index (κ3) is 2.99. The summed E-state index contributed by atoms with van der Waals surface area (Å²) in [6, 6.07) is 0.135. The van der Waals surface area contributed by atoms with E-state index in [0.717, 1.165) is 12.8 Å². The van der Waals surface area contributed by atoms with Crippen LogP contribution in [0.3, 0.4) is 0 Å². The highest BCUT2D eigenvalue weighted by Crippen LogP contribution is 2.13. The Morgan fingerprint density at radius 2 is 2.00 bits per heavy atom. The smallest absolute Gasteiger partial charge is 0.312 e. The van der Waals surface area contributed by atoms with Crippen molar-refractivity contribution in [2.24, 2.45) is 0 Å². The van der Waals surface area contributed by atoms with Gasteiger partial charge in [-0.1, -0.05) is 0 Å². The Labute approximate surface area is 82.6 Å². The zero-order valence-corrected chi connectivity index (χ0v) is 8.23. The van der Waals surface area contributed by atoms with Crippen LogP contribution in [-0.4, -0.2) is 48.2 Å². The molecule has 1 heterocycles. The van der Waals surface area contributed by atoms with Gasteiger partial charge in [0.05, 0.1) is 0 Å². The first-order valence-corrected chi connectivity index (χ1v) is 4.66. The van der Waals surface area contributed by atoms with Gasteiger partial charge in [0, 0.05) is 26.3 Å². The van der Waals surface area contributed by atoms with Crippen LogP contribution in [0.25, 0.3) is 0 Å². The lowest BCUT2D eigenvalue weighted by molar-refractivity contribution is -0.145. The number of carbonyl (C=O) groups is 2. The maximum absolute atomic E-state index is 11.4. The molecule has 0 aliphatic carbocycles. The predicted octanol–water partition coefficient (Wildman–Crippen LogP) is 0.0985. The van der Waals surface area contributed by atoms with Gasteiger partial charge in [-0.05, 0) is 12.8 Å². The Morgan fingerprint density at radius 3 is 2.50 bits per heavy atom. The van der Waals surface area contributed by atoms with Gasteiger partial charge in [0.2, 0.25) is 5.91 Å². The maximum atomic E-state index is 11.4. The zero-order chi connectivity index (χ0) is 10.6. The Hall–Kier alpha value is -1.10. The lowest BCUT2D eigenvalue weighted by Crippen LogP contribution is -2.41. The second kappa shape index (κ2) is 4.95. The standard InChI is InChI=1S/C9H15NO4/c1-10(8(11)6-9(12)13)7-2-4-14-5-3-7/h7H,2-6H2,1H3,(H,12,13). The van der Waals surface area contributed by atoms with Gasteiger partial charge in [0.25, 0.3) is 0 Å². The lowest BCUT2D eigenvalue weighted by Gasteiger charge is -2.30. The van der Waals surface area contributed by atoms with Crippen molar-refractivity contribution in [2.75, 3.05) is 20.3 Å². The van der Waals surface area contributed by atoms with Gasteiger partial charge in [-0.2, -0.15) is 0 Å². The Morgan fingerprint density at radius 1 is 1.43 bits per heavy atom. The molecular formula is C9H15NO4. The van der Waals surface area contributed by atoms with Crippen LogP contribution in [0.15, 0.2) is 0 Å². The van der Waals surface area contributed by atoms with E-state index in [0.29, 0.717) is 13.2 Å². The summed E-state index contributed by atoms with van der Waals surface area (Å²) in [5.41, 5.74) is 0. The summed E-state index contributed by atoms with van der Waals surface area (Å²) in [4.78, 5) is 23.2. The third-order valence-electron chi connectivity index (χ3n) is 2.43. The summed E-state index contributed by atoms with van der Waals surface area (Å²) in [5, 5.41) is 8.46. The minimum absolute atomic E-state index is 0.135. The number of aliphatic carboxylic acids is 1. The van der Waals surface area contributed by atoms with E-state index in [4.69, 9.17) is 9.84 Å². The number of nitrogens with zero attached hydrogens (tertiary/aromatic N) is 1. The fraction of sp³-hybridized carbons (Fsp3) is 0.778. The molecule has 1 aliphatic rings. The number of carboxylic acids is 1. The van der Waals surface area contributed by atoms with Crippen LogP contribution in [-0.2, 0) is 14.3 Å². The van der Waals surface area contributed by atoms with Crippen LogP contribution < -0.4 is 0 Å². The van der Waals surface area contributed by atoms with Gasteiger partial charge in [0.15, 0.2) is 0 Å². The molecule has 5 heteroatoms. The van der Waals surface area contributed by atoms with Crippen molar-refractivity contribution in [2.45, 2.75) is 25.3 Å². The van der Waals surface area contributed by atoms with Crippen LogP contribution in [0.5, 0.6) is 0 Å². The Bertz CT molecular complexity index is 223. The summed E-state index contributed by atoms with van der Waals surface area (Å²) in [5.74, 6) is -1.40. The van der Waals surface area contributed by atoms with Gasteiger partial charge in [0.1, 0.15) is 6.42 Å². The molecule has 1 rings (SSSR count). The molecule has 0 aromatic heterocycles. The van der Waals surface area contributed by atoms with E-state index in [-0.39, 0.29) is 11.9 Å². The van der Waals surface area contributed by atoms with Crippen molar-refractivity contribution >= 4 is 11.9 Å². The highest BCUT2D eigenvalue weighted by Gasteiger charge is 2.23. The summed E-state index contributed by atoms with van der Waals surface area (Å²) in [6.07, 6.45) is 1.16. The quantitative estimate of drug-likeness (QED) is 0.657. The number of rotatable bonds is 3. The minimum Gasteiger partial charge on any atom is -0.481 e. The third-order valence-corrected chi connectivity index (χ3v) is 2.43. The molecular weight excluding hydrogens is 186 g/mol. The molecule has 0 bridgehead atoms. The summed E-state index contributed by atoms with van der Waals surface area (Å²) in [6.45, 7) is 1.30. The molecule has 1 fully saturated rings. The highest BCUT2D eigenvalue weighted by molar-refractivity contribution is 5.93. The van der Waals surface area contributed by atoms with Crippen molar-refractivity contribution < 1.29 is 19.4 Å². The van der Waals surface area contributed by atoms with Crippen LogP contribution in [0, 0.1) is 0 Å². The van der Waals surface area contributed by atoms with Crippen LogP contribution in [0.1, 0.15) is 19.3 Å². The van der Waals surface area contributed by atoms with Crippen LogP contribution >= 0.6 is 0 Å². The molecule has 5 nitrogen and oxygen atoms in total. The van der Waals surface area contributed by atoms with Gasteiger partial charge in [-0.25, -0.2) is 0 Å². The Kier molecular flexibility index (Phi) is 3.88. The van der Waals surface area contributed by atoms with Gasteiger partial charge in [-0.3, -0.25) is 9.59 Å². The molecule has 0 radical (unpaired) electrons. The zero-order valence-electron chi connectivity index (χ0n) is 8.23. The molecule has 1 amide bonds. The number of carboxylic acid groups (broad SMARTS) is 1. The summed E-state index contributed by atoms with van der Waals surface area (Å²) < 4.78 is 5.16. The van der Waals surface area contributed by atoms with Crippen molar-refractivity contribution in [3.63, 3.8) is 0 Å². The largest absolute Gasteiger partial charge is 0.481 e. The van der Waals surface area contributed by atoms with Crippen molar-refractivity contribution in [3.05, 3.63) is 0 Å². The lowest BCUT2D eigenvalue weighted by atomic mass is 10.1. The number of carbonyl (C=O) groups excluding carboxylic acids is 1. The first kappa shape index (κ1) is 11.0. The van der Waals surface area contributed by atoms with Crippen molar-refractivity contribution in [1.29, 1.82) is 0 Å². The molecule has 0 atom stereocenters. The normalized spacial score (nSPS) is 17.8. The maximum Gasteiger partial charge on any atom is 0.312 e. The second-order valence-electron chi connectivity index (χ2n) is 3.42. The molecule has 0 aromatic rings.